The van der Waals surface area contributed by atoms with Crippen molar-refractivity contribution in [2.75, 3.05) is 25.6 Å². The van der Waals surface area contributed by atoms with Crippen molar-refractivity contribution in [1.82, 2.24) is 9.97 Å². The van der Waals surface area contributed by atoms with Crippen molar-refractivity contribution >= 4 is 5.82 Å². The zero-order valence-electron chi connectivity index (χ0n) is 11.1. The first-order chi connectivity index (χ1) is 8.80. The predicted molar refractivity (Wildman–Crippen MR) is 71.8 cm³/mol. The number of nitrogens with one attached hydrogen (secondary N) is 1. The van der Waals surface area contributed by atoms with Crippen LogP contribution in [0.4, 0.5) is 5.82 Å². The number of nitrogens with zero attached hydrogens (tertiary/aromatic N) is 2. The molecule has 0 unspecified atom stereocenters. The molecule has 1 aromatic rings. The molecule has 0 atom stereocenters. The molecule has 0 amide bonds. The van der Waals surface area contributed by atoms with E-state index < -0.39 is 0 Å². The van der Waals surface area contributed by atoms with Gasteiger partial charge >= 0.3 is 0 Å². The summed E-state index contributed by atoms with van der Waals surface area (Å²) in [4.78, 5) is 8.58. The van der Waals surface area contributed by atoms with Crippen molar-refractivity contribution in [3.63, 3.8) is 0 Å². The molecule has 0 radical (unpaired) electrons. The second-order valence-electron chi connectivity index (χ2n) is 3.67. The Balaban J connectivity index is 2.61. The Morgan fingerprint density at radius 2 is 2.28 bits per heavy atom. The topological polar surface area (TPSA) is 56.3 Å². The van der Waals surface area contributed by atoms with Crippen LogP contribution in [0.15, 0.2) is 18.7 Å². The summed E-state index contributed by atoms with van der Waals surface area (Å²) < 4.78 is 10.9. The van der Waals surface area contributed by atoms with E-state index in [0.717, 1.165) is 18.7 Å². The maximum absolute atomic E-state index is 5.58. The standard InChI is InChI=1S/C13H21N3O2/c1-4-6-7-8-18-13-9-11(14-3)15-12(16-13)10-17-5-2/h4,9H,1,5-8,10H2,2-3H3,(H,14,15,16). The summed E-state index contributed by atoms with van der Waals surface area (Å²) in [5.41, 5.74) is 0. The molecule has 1 heterocycles. The van der Waals surface area contributed by atoms with E-state index in [4.69, 9.17) is 9.47 Å². The maximum Gasteiger partial charge on any atom is 0.218 e. The van der Waals surface area contributed by atoms with Crippen molar-refractivity contribution in [3.05, 3.63) is 24.5 Å². The van der Waals surface area contributed by atoms with Gasteiger partial charge in [0.15, 0.2) is 5.82 Å². The third-order valence-electron chi connectivity index (χ3n) is 2.24. The highest BCUT2D eigenvalue weighted by atomic mass is 16.5. The fraction of sp³-hybridized carbons (Fsp3) is 0.538. The highest BCUT2D eigenvalue weighted by molar-refractivity contribution is 5.37. The average Bonchev–Trinajstić information content (AvgIpc) is 2.41. The lowest BCUT2D eigenvalue weighted by molar-refractivity contribution is 0.127. The van der Waals surface area contributed by atoms with Crippen molar-refractivity contribution < 1.29 is 9.47 Å². The number of hydrogen-bond donors (Lipinski definition) is 1. The van der Waals surface area contributed by atoms with Gasteiger partial charge in [-0.05, 0) is 19.8 Å². The van der Waals surface area contributed by atoms with E-state index in [1.807, 2.05) is 20.0 Å². The number of allylic oxidation sites excluding steroid dienone is 1. The second-order valence-corrected chi connectivity index (χ2v) is 3.67. The van der Waals surface area contributed by atoms with Gasteiger partial charge in [0, 0.05) is 19.7 Å². The molecule has 0 aliphatic rings. The monoisotopic (exact) mass is 251 g/mol. The largest absolute Gasteiger partial charge is 0.478 e. The minimum atomic E-state index is 0.398. The number of anilines is 1. The molecule has 0 bridgehead atoms. The van der Waals surface area contributed by atoms with E-state index >= 15 is 0 Å². The Bertz CT molecular complexity index is 369. The number of aromatic nitrogens is 2. The molecule has 1 N–H and O–H groups in total. The summed E-state index contributed by atoms with van der Waals surface area (Å²) in [7, 11) is 1.81. The Morgan fingerprint density at radius 3 is 2.94 bits per heavy atom. The molecule has 1 rings (SSSR count). The van der Waals surface area contributed by atoms with Crippen molar-refractivity contribution in [2.24, 2.45) is 0 Å². The van der Waals surface area contributed by atoms with Gasteiger partial charge in [-0.15, -0.1) is 6.58 Å². The molecule has 0 aromatic carbocycles. The van der Waals surface area contributed by atoms with Gasteiger partial charge in [-0.25, -0.2) is 4.98 Å². The SMILES string of the molecule is C=CCCCOc1cc(NC)nc(COCC)n1. The number of unbranched alkanes of at least 4 members (excludes halogenated alkanes) is 1. The van der Waals surface area contributed by atoms with E-state index in [0.29, 0.717) is 31.5 Å². The molecule has 1 aromatic heterocycles. The molecule has 0 saturated carbocycles. The molecule has 0 aliphatic heterocycles. The van der Waals surface area contributed by atoms with Crippen LogP contribution in [0, 0.1) is 0 Å². The van der Waals surface area contributed by atoms with Crippen LogP contribution in [0.3, 0.4) is 0 Å². The highest BCUT2D eigenvalue weighted by Crippen LogP contribution is 2.14. The highest BCUT2D eigenvalue weighted by Gasteiger charge is 2.04. The zero-order valence-corrected chi connectivity index (χ0v) is 11.1. The zero-order chi connectivity index (χ0) is 13.2. The smallest absolute Gasteiger partial charge is 0.218 e. The summed E-state index contributed by atoms with van der Waals surface area (Å²) in [6, 6.07) is 1.78. The molecule has 5 nitrogen and oxygen atoms in total. The molecule has 0 saturated heterocycles. The van der Waals surface area contributed by atoms with Gasteiger partial charge in [-0.2, -0.15) is 4.98 Å². The molecule has 0 fully saturated rings. The van der Waals surface area contributed by atoms with E-state index in [1.54, 1.807) is 6.07 Å². The lowest BCUT2D eigenvalue weighted by atomic mass is 10.3. The first kappa shape index (κ1) is 14.4. The molecular formula is C13H21N3O2. The van der Waals surface area contributed by atoms with Crippen LogP contribution >= 0.6 is 0 Å². The lowest BCUT2D eigenvalue weighted by Gasteiger charge is -2.09. The molecule has 0 spiro atoms. The van der Waals surface area contributed by atoms with Crippen LogP contribution in [0.25, 0.3) is 0 Å². The van der Waals surface area contributed by atoms with Gasteiger partial charge in [0.25, 0.3) is 0 Å². The summed E-state index contributed by atoms with van der Waals surface area (Å²) in [6.45, 7) is 7.28. The third kappa shape index (κ3) is 5.14. The lowest BCUT2D eigenvalue weighted by Crippen LogP contribution is -2.06. The molecule has 5 heteroatoms. The molecular weight excluding hydrogens is 230 g/mol. The minimum Gasteiger partial charge on any atom is -0.478 e. The predicted octanol–water partition coefficient (Wildman–Crippen LogP) is 2.40. The van der Waals surface area contributed by atoms with Crippen LogP contribution < -0.4 is 10.1 Å². The van der Waals surface area contributed by atoms with Gasteiger partial charge < -0.3 is 14.8 Å². The summed E-state index contributed by atoms with van der Waals surface area (Å²) >= 11 is 0. The summed E-state index contributed by atoms with van der Waals surface area (Å²) in [6.07, 6.45) is 3.75. The Labute approximate surface area is 108 Å². The van der Waals surface area contributed by atoms with Crippen LogP contribution in [0.5, 0.6) is 5.88 Å². The van der Waals surface area contributed by atoms with E-state index in [1.165, 1.54) is 0 Å². The Kier molecular flexibility index (Phi) is 6.79. The van der Waals surface area contributed by atoms with E-state index in [9.17, 15) is 0 Å². The van der Waals surface area contributed by atoms with Crippen molar-refractivity contribution in [2.45, 2.75) is 26.4 Å². The van der Waals surface area contributed by atoms with Crippen LogP contribution in [0.2, 0.25) is 0 Å². The van der Waals surface area contributed by atoms with Gasteiger partial charge in [0.2, 0.25) is 5.88 Å². The minimum absolute atomic E-state index is 0.398. The van der Waals surface area contributed by atoms with Gasteiger partial charge in [-0.1, -0.05) is 6.08 Å². The second kappa shape index (κ2) is 8.47. The fourth-order valence-electron chi connectivity index (χ4n) is 1.34. The van der Waals surface area contributed by atoms with Crippen LogP contribution in [-0.2, 0) is 11.3 Å². The first-order valence-corrected chi connectivity index (χ1v) is 6.17. The van der Waals surface area contributed by atoms with Gasteiger partial charge in [-0.3, -0.25) is 0 Å². The van der Waals surface area contributed by atoms with Crippen molar-refractivity contribution in [3.8, 4) is 5.88 Å². The summed E-state index contributed by atoms with van der Waals surface area (Å²) in [5, 5.41) is 2.98. The number of rotatable bonds is 9. The average molecular weight is 251 g/mol. The van der Waals surface area contributed by atoms with Gasteiger partial charge in [0.1, 0.15) is 12.4 Å². The molecule has 0 aliphatic carbocycles. The molecule has 18 heavy (non-hydrogen) atoms. The molecule has 100 valence electrons. The van der Waals surface area contributed by atoms with E-state index in [-0.39, 0.29) is 0 Å². The Morgan fingerprint density at radius 1 is 1.44 bits per heavy atom. The quantitative estimate of drug-likeness (QED) is 0.539. The summed E-state index contributed by atoms with van der Waals surface area (Å²) in [5.74, 6) is 1.94. The van der Waals surface area contributed by atoms with Crippen LogP contribution in [0.1, 0.15) is 25.6 Å². The maximum atomic E-state index is 5.58. The fourth-order valence-corrected chi connectivity index (χ4v) is 1.34. The first-order valence-electron chi connectivity index (χ1n) is 6.17. The van der Waals surface area contributed by atoms with Crippen LogP contribution in [-0.4, -0.2) is 30.2 Å². The number of hydrogen-bond acceptors (Lipinski definition) is 5. The third-order valence-corrected chi connectivity index (χ3v) is 2.24. The van der Waals surface area contributed by atoms with E-state index in [2.05, 4.69) is 21.9 Å². The van der Waals surface area contributed by atoms with Crippen molar-refractivity contribution in [1.29, 1.82) is 0 Å². The Hall–Kier alpha value is -1.62. The normalized spacial score (nSPS) is 10.1. The number of ether oxygens (including phenoxy) is 2. The van der Waals surface area contributed by atoms with Gasteiger partial charge in [0.05, 0.1) is 6.61 Å².